The summed E-state index contributed by atoms with van der Waals surface area (Å²) in [5.41, 5.74) is 2.44. The minimum absolute atomic E-state index is 0. The largest absolute Gasteiger partial charge is 0.436 e. The third kappa shape index (κ3) is 6.42. The topological polar surface area (TPSA) is 71.0 Å². The molecule has 4 rings (SSSR count). The molecule has 3 saturated carbocycles. The van der Waals surface area contributed by atoms with Crippen LogP contribution >= 0.6 is 12.4 Å². The summed E-state index contributed by atoms with van der Waals surface area (Å²) in [5.74, 6) is 2.76. The fourth-order valence-electron chi connectivity index (χ4n) is 8.71. The lowest BCUT2D eigenvalue weighted by molar-refractivity contribution is -0.117. The lowest BCUT2D eigenvalue weighted by atomic mass is 9.46. The van der Waals surface area contributed by atoms with Crippen LogP contribution < -0.4 is 5.32 Å². The van der Waals surface area contributed by atoms with Crippen molar-refractivity contribution in [2.75, 3.05) is 13.1 Å². The molecule has 0 radical (unpaired) electrons. The van der Waals surface area contributed by atoms with Gasteiger partial charge in [0.15, 0.2) is 5.78 Å². The number of hydrogen-bond donors (Lipinski definition) is 1. The maximum atomic E-state index is 13.1. The van der Waals surface area contributed by atoms with Gasteiger partial charge in [0, 0.05) is 36.5 Å². The highest BCUT2D eigenvalue weighted by Crippen LogP contribution is 2.66. The van der Waals surface area contributed by atoms with Crippen LogP contribution in [0.4, 0.5) is 4.79 Å². The van der Waals surface area contributed by atoms with Crippen LogP contribution in [0.5, 0.6) is 0 Å². The SMILES string of the molecule is C/C(=N\OC(=O)N(CCNC(C)(C)C)C(C)(C)C)[C@H]1CC[C@H]2[C@@H]3CCC4=CC(=O)CC[C@]4(C)[C@H]3CC[C@]12C.Cl. The zero-order valence-corrected chi connectivity index (χ0v) is 26.8. The molecule has 0 saturated heterocycles. The summed E-state index contributed by atoms with van der Waals surface area (Å²) in [6.45, 7) is 20.8. The Bertz CT molecular complexity index is 994. The molecule has 0 aromatic rings. The molecule has 6 atom stereocenters. The molecule has 0 aromatic heterocycles. The Labute approximate surface area is 243 Å². The van der Waals surface area contributed by atoms with E-state index in [0.717, 1.165) is 30.9 Å². The van der Waals surface area contributed by atoms with E-state index in [1.807, 2.05) is 26.8 Å². The Kier molecular flexibility index (Phi) is 9.44. The summed E-state index contributed by atoms with van der Waals surface area (Å²) in [6.07, 6.45) is 10.4. The van der Waals surface area contributed by atoms with Gasteiger partial charge in [0.05, 0.1) is 5.71 Å². The highest BCUT2D eigenvalue weighted by Gasteiger charge is 2.59. The summed E-state index contributed by atoms with van der Waals surface area (Å²) in [5, 5.41) is 7.95. The van der Waals surface area contributed by atoms with Crippen molar-refractivity contribution < 1.29 is 14.4 Å². The molecule has 1 amide bonds. The van der Waals surface area contributed by atoms with Crippen LogP contribution in [-0.4, -0.2) is 46.7 Å². The van der Waals surface area contributed by atoms with E-state index in [1.54, 1.807) is 4.90 Å². The van der Waals surface area contributed by atoms with E-state index in [4.69, 9.17) is 4.84 Å². The number of ketones is 1. The Morgan fingerprint density at radius 3 is 2.38 bits per heavy atom. The number of fused-ring (bicyclic) bond motifs is 5. The highest BCUT2D eigenvalue weighted by atomic mass is 35.5. The van der Waals surface area contributed by atoms with Crippen molar-refractivity contribution in [3.8, 4) is 0 Å². The van der Waals surface area contributed by atoms with Gasteiger partial charge >= 0.3 is 6.09 Å². The molecule has 1 N–H and O–H groups in total. The highest BCUT2D eigenvalue weighted by molar-refractivity contribution is 5.91. The fraction of sp³-hybridized carbons (Fsp3) is 0.844. The molecule has 0 heterocycles. The predicted molar refractivity (Wildman–Crippen MR) is 161 cm³/mol. The maximum absolute atomic E-state index is 13.1. The first-order valence-electron chi connectivity index (χ1n) is 15.1. The molecule has 0 bridgehead atoms. The summed E-state index contributed by atoms with van der Waals surface area (Å²) >= 11 is 0. The standard InChI is InChI=1S/C32H53N3O3.ClH/c1-21(34-38-28(37)35(30(5,6)7)19-18-33-29(2,3)4)25-12-13-26-24-11-10-22-20-23(36)14-16-31(22,8)27(24)15-17-32(25,26)9;/h20,24-27,33H,10-19H2,1-9H3;1H/b34-21+;/t24-,25+,26-,27-,31-,32+;/m0./s1. The number of nitrogens with zero attached hydrogens (tertiary/aromatic N) is 2. The first-order chi connectivity index (χ1) is 17.6. The van der Waals surface area contributed by atoms with E-state index in [1.165, 1.54) is 31.3 Å². The molecule has 0 aromatic carbocycles. The predicted octanol–water partition coefficient (Wildman–Crippen LogP) is 7.56. The van der Waals surface area contributed by atoms with E-state index in [9.17, 15) is 9.59 Å². The van der Waals surface area contributed by atoms with Gasteiger partial charge in [-0.05, 0) is 128 Å². The van der Waals surface area contributed by atoms with E-state index < -0.39 is 0 Å². The van der Waals surface area contributed by atoms with Gasteiger partial charge in [-0.25, -0.2) is 4.79 Å². The second-order valence-corrected chi connectivity index (χ2v) is 15.2. The second kappa shape index (κ2) is 11.5. The minimum Gasteiger partial charge on any atom is -0.310 e. The number of carbonyl (C=O) groups excluding carboxylic acids is 2. The fourth-order valence-corrected chi connectivity index (χ4v) is 8.71. The van der Waals surface area contributed by atoms with E-state index in [0.29, 0.717) is 43.0 Å². The maximum Gasteiger partial charge on any atom is 0.436 e. The summed E-state index contributed by atoms with van der Waals surface area (Å²) in [7, 11) is 0. The monoisotopic (exact) mass is 563 g/mol. The number of allylic oxidation sites excluding steroid dienone is 1. The molecule has 6 nitrogen and oxygen atoms in total. The van der Waals surface area contributed by atoms with Crippen LogP contribution in [-0.2, 0) is 9.63 Å². The number of amides is 1. The number of carbonyl (C=O) groups is 2. The van der Waals surface area contributed by atoms with Crippen LogP contribution in [0.15, 0.2) is 16.8 Å². The third-order valence-corrected chi connectivity index (χ3v) is 10.8. The van der Waals surface area contributed by atoms with E-state index in [-0.39, 0.29) is 40.4 Å². The molecular weight excluding hydrogens is 510 g/mol. The Balaban J connectivity index is 0.00000420. The van der Waals surface area contributed by atoms with Gasteiger partial charge in [0.2, 0.25) is 0 Å². The molecule has 4 aliphatic carbocycles. The molecule has 0 spiro atoms. The van der Waals surface area contributed by atoms with Crippen molar-refractivity contribution in [3.63, 3.8) is 0 Å². The number of rotatable bonds is 5. The normalized spacial score (nSPS) is 34.7. The minimum atomic E-state index is -0.373. The molecule has 222 valence electrons. The van der Waals surface area contributed by atoms with Crippen molar-refractivity contribution in [2.45, 2.75) is 125 Å². The molecule has 0 unspecified atom stereocenters. The van der Waals surface area contributed by atoms with E-state index >= 15 is 0 Å². The molecule has 7 heteroatoms. The Morgan fingerprint density at radius 1 is 1.05 bits per heavy atom. The molecule has 3 fully saturated rings. The van der Waals surface area contributed by atoms with Crippen LogP contribution in [0.2, 0.25) is 0 Å². The molecule has 0 aliphatic heterocycles. The smallest absolute Gasteiger partial charge is 0.310 e. The number of oxime groups is 1. The average molecular weight is 564 g/mol. The zero-order chi connectivity index (χ0) is 28.1. The Hall–Kier alpha value is -1.40. The lowest BCUT2D eigenvalue weighted by Gasteiger charge is -2.58. The van der Waals surface area contributed by atoms with Crippen LogP contribution in [0.1, 0.15) is 114 Å². The lowest BCUT2D eigenvalue weighted by Crippen LogP contribution is -2.51. The van der Waals surface area contributed by atoms with Gasteiger partial charge in [-0.15, -0.1) is 12.4 Å². The zero-order valence-electron chi connectivity index (χ0n) is 26.0. The van der Waals surface area contributed by atoms with Gasteiger partial charge in [-0.1, -0.05) is 24.6 Å². The van der Waals surface area contributed by atoms with E-state index in [2.05, 4.69) is 52.0 Å². The molecule has 39 heavy (non-hydrogen) atoms. The molecule has 4 aliphatic rings. The Morgan fingerprint density at radius 2 is 1.74 bits per heavy atom. The van der Waals surface area contributed by atoms with Gasteiger partial charge < -0.3 is 10.2 Å². The van der Waals surface area contributed by atoms with Gasteiger partial charge in [0.25, 0.3) is 0 Å². The average Bonchev–Trinajstić information content (AvgIpc) is 3.16. The second-order valence-electron chi connectivity index (χ2n) is 15.2. The first-order valence-corrected chi connectivity index (χ1v) is 15.1. The van der Waals surface area contributed by atoms with Crippen molar-refractivity contribution in [3.05, 3.63) is 11.6 Å². The third-order valence-electron chi connectivity index (χ3n) is 10.8. The van der Waals surface area contributed by atoms with Gasteiger partial charge in [0.1, 0.15) is 0 Å². The summed E-state index contributed by atoms with van der Waals surface area (Å²) in [6, 6.07) is 0. The molecular formula is C32H54ClN3O3. The quantitative estimate of drug-likeness (QED) is 0.213. The van der Waals surface area contributed by atoms with Crippen molar-refractivity contribution in [1.82, 2.24) is 10.2 Å². The van der Waals surface area contributed by atoms with Crippen molar-refractivity contribution >= 4 is 30.0 Å². The number of halogens is 1. The summed E-state index contributed by atoms with van der Waals surface area (Å²) in [4.78, 5) is 32.7. The number of hydrogen-bond acceptors (Lipinski definition) is 5. The van der Waals surface area contributed by atoms with Crippen molar-refractivity contribution in [1.29, 1.82) is 0 Å². The van der Waals surface area contributed by atoms with Crippen LogP contribution in [0.3, 0.4) is 0 Å². The first kappa shape index (κ1) is 32.1. The van der Waals surface area contributed by atoms with Gasteiger partial charge in [-0.2, -0.15) is 0 Å². The van der Waals surface area contributed by atoms with Crippen LogP contribution in [0.25, 0.3) is 0 Å². The summed E-state index contributed by atoms with van der Waals surface area (Å²) < 4.78 is 0. The van der Waals surface area contributed by atoms with Gasteiger partial charge in [-0.3, -0.25) is 9.63 Å². The van der Waals surface area contributed by atoms with Crippen LogP contribution in [0, 0.1) is 34.5 Å². The van der Waals surface area contributed by atoms with Crippen molar-refractivity contribution in [2.24, 2.45) is 39.7 Å². The number of nitrogens with one attached hydrogen (secondary N) is 1.